The molecule has 0 saturated heterocycles. The number of aryl methyl sites for hydroxylation is 1. The topological polar surface area (TPSA) is 49.3 Å². The zero-order valence-corrected chi connectivity index (χ0v) is 8.94. The summed E-state index contributed by atoms with van der Waals surface area (Å²) in [5.41, 5.74) is 1.31. The van der Waals surface area contributed by atoms with E-state index in [1.807, 2.05) is 25.1 Å². The first-order chi connectivity index (χ1) is 7.18. The lowest BCUT2D eigenvalue weighted by atomic mass is 10.1. The number of rotatable bonds is 5. The van der Waals surface area contributed by atoms with Crippen LogP contribution in [0.3, 0.4) is 0 Å². The molecule has 1 unspecified atom stereocenters. The fraction of sp³-hybridized carbons (Fsp3) is 0.417. The lowest BCUT2D eigenvalue weighted by Gasteiger charge is -2.10. The van der Waals surface area contributed by atoms with Crippen LogP contribution < -0.4 is 5.32 Å². The highest BCUT2D eigenvalue weighted by molar-refractivity contribution is 5.64. The molecule has 0 aliphatic carbocycles. The maximum absolute atomic E-state index is 10.3. The second-order valence-electron chi connectivity index (χ2n) is 3.73. The molecule has 3 nitrogen and oxygen atoms in total. The number of benzene rings is 1. The van der Waals surface area contributed by atoms with Crippen LogP contribution in [0.4, 0.5) is 4.79 Å². The van der Waals surface area contributed by atoms with Crippen LogP contribution in [0.1, 0.15) is 25.3 Å². The Morgan fingerprint density at radius 1 is 1.40 bits per heavy atom. The molecule has 1 rings (SSSR count). The van der Waals surface area contributed by atoms with Crippen molar-refractivity contribution in [2.75, 3.05) is 0 Å². The van der Waals surface area contributed by atoms with Crippen LogP contribution in [0.5, 0.6) is 0 Å². The molecule has 0 saturated carbocycles. The van der Waals surface area contributed by atoms with E-state index in [0.717, 1.165) is 19.3 Å². The quantitative estimate of drug-likeness (QED) is 0.779. The molecular formula is C12H17NO2. The van der Waals surface area contributed by atoms with E-state index in [0.29, 0.717) is 0 Å². The molecule has 1 amide bonds. The molecule has 0 heterocycles. The Bertz CT molecular complexity index is 298. The van der Waals surface area contributed by atoms with Crippen LogP contribution in [-0.4, -0.2) is 17.2 Å². The van der Waals surface area contributed by atoms with E-state index in [2.05, 4.69) is 17.4 Å². The molecule has 15 heavy (non-hydrogen) atoms. The lowest BCUT2D eigenvalue weighted by Crippen LogP contribution is -2.30. The van der Waals surface area contributed by atoms with Crippen molar-refractivity contribution in [1.29, 1.82) is 0 Å². The maximum Gasteiger partial charge on any atom is 0.404 e. The first kappa shape index (κ1) is 11.6. The Balaban J connectivity index is 2.19. The smallest absolute Gasteiger partial charge is 0.404 e. The number of hydrogen-bond donors (Lipinski definition) is 2. The van der Waals surface area contributed by atoms with Crippen LogP contribution in [0.15, 0.2) is 30.3 Å². The molecule has 1 atom stereocenters. The third kappa shape index (κ3) is 5.05. The summed E-state index contributed by atoms with van der Waals surface area (Å²) in [6.07, 6.45) is 1.95. The minimum Gasteiger partial charge on any atom is -0.465 e. The Kier molecular flexibility index (Phi) is 4.68. The molecule has 3 heteroatoms. The van der Waals surface area contributed by atoms with E-state index in [9.17, 15) is 4.79 Å². The van der Waals surface area contributed by atoms with Crippen molar-refractivity contribution < 1.29 is 9.90 Å². The van der Waals surface area contributed by atoms with Crippen LogP contribution in [0, 0.1) is 0 Å². The van der Waals surface area contributed by atoms with Crippen LogP contribution >= 0.6 is 0 Å². The molecule has 2 N–H and O–H groups in total. The lowest BCUT2D eigenvalue weighted by molar-refractivity contribution is 0.190. The predicted molar refractivity (Wildman–Crippen MR) is 60.0 cm³/mol. The van der Waals surface area contributed by atoms with E-state index < -0.39 is 6.09 Å². The number of hydrogen-bond acceptors (Lipinski definition) is 1. The summed E-state index contributed by atoms with van der Waals surface area (Å²) in [7, 11) is 0. The van der Waals surface area contributed by atoms with Gasteiger partial charge in [0.15, 0.2) is 0 Å². The van der Waals surface area contributed by atoms with Gasteiger partial charge in [-0.05, 0) is 31.7 Å². The number of amides is 1. The largest absolute Gasteiger partial charge is 0.465 e. The molecule has 0 bridgehead atoms. The predicted octanol–water partition coefficient (Wildman–Crippen LogP) is 2.67. The Labute approximate surface area is 90.1 Å². The van der Waals surface area contributed by atoms with Gasteiger partial charge in [0, 0.05) is 6.04 Å². The van der Waals surface area contributed by atoms with E-state index in [4.69, 9.17) is 5.11 Å². The van der Waals surface area contributed by atoms with Crippen LogP contribution in [-0.2, 0) is 6.42 Å². The normalized spacial score (nSPS) is 12.1. The van der Waals surface area contributed by atoms with Crippen LogP contribution in [0.25, 0.3) is 0 Å². The van der Waals surface area contributed by atoms with Crippen molar-refractivity contribution in [2.24, 2.45) is 0 Å². The molecule has 0 fully saturated rings. The molecule has 0 aromatic heterocycles. The van der Waals surface area contributed by atoms with Gasteiger partial charge in [-0.3, -0.25) is 0 Å². The van der Waals surface area contributed by atoms with Gasteiger partial charge in [-0.1, -0.05) is 30.3 Å². The zero-order valence-electron chi connectivity index (χ0n) is 8.94. The summed E-state index contributed by atoms with van der Waals surface area (Å²) in [6.45, 7) is 1.89. The fourth-order valence-corrected chi connectivity index (χ4v) is 1.54. The van der Waals surface area contributed by atoms with Gasteiger partial charge in [0.2, 0.25) is 0 Å². The van der Waals surface area contributed by atoms with Crippen molar-refractivity contribution >= 4 is 6.09 Å². The second kappa shape index (κ2) is 6.06. The van der Waals surface area contributed by atoms with Crippen molar-refractivity contribution in [1.82, 2.24) is 5.32 Å². The van der Waals surface area contributed by atoms with E-state index in [1.54, 1.807) is 0 Å². The SMILES string of the molecule is CC(CCCc1ccccc1)NC(=O)O. The molecule has 82 valence electrons. The Morgan fingerprint density at radius 2 is 2.07 bits per heavy atom. The third-order valence-electron chi connectivity index (χ3n) is 2.32. The van der Waals surface area contributed by atoms with Crippen molar-refractivity contribution in [3.8, 4) is 0 Å². The maximum atomic E-state index is 10.3. The highest BCUT2D eigenvalue weighted by Gasteiger charge is 2.04. The summed E-state index contributed by atoms with van der Waals surface area (Å²) in [6, 6.07) is 10.3. The van der Waals surface area contributed by atoms with E-state index in [1.165, 1.54) is 5.56 Å². The van der Waals surface area contributed by atoms with Gasteiger partial charge in [-0.2, -0.15) is 0 Å². The van der Waals surface area contributed by atoms with Gasteiger partial charge in [0.05, 0.1) is 0 Å². The summed E-state index contributed by atoms with van der Waals surface area (Å²) >= 11 is 0. The first-order valence-corrected chi connectivity index (χ1v) is 5.22. The average molecular weight is 207 g/mol. The summed E-state index contributed by atoms with van der Waals surface area (Å²) in [5, 5.41) is 10.9. The van der Waals surface area contributed by atoms with Crippen molar-refractivity contribution in [3.63, 3.8) is 0 Å². The number of nitrogens with one attached hydrogen (secondary N) is 1. The van der Waals surface area contributed by atoms with Crippen molar-refractivity contribution in [2.45, 2.75) is 32.2 Å². The van der Waals surface area contributed by atoms with Gasteiger partial charge in [0.1, 0.15) is 0 Å². The minimum absolute atomic E-state index is 0.0335. The number of carbonyl (C=O) groups is 1. The van der Waals surface area contributed by atoms with Gasteiger partial charge in [0.25, 0.3) is 0 Å². The van der Waals surface area contributed by atoms with Crippen LogP contribution in [0.2, 0.25) is 0 Å². The highest BCUT2D eigenvalue weighted by atomic mass is 16.4. The van der Waals surface area contributed by atoms with Gasteiger partial charge in [-0.15, -0.1) is 0 Å². The fourth-order valence-electron chi connectivity index (χ4n) is 1.54. The summed E-state index contributed by atoms with van der Waals surface area (Å²) in [4.78, 5) is 10.3. The van der Waals surface area contributed by atoms with Gasteiger partial charge >= 0.3 is 6.09 Å². The molecule has 0 spiro atoms. The molecular weight excluding hydrogens is 190 g/mol. The Morgan fingerprint density at radius 3 is 2.67 bits per heavy atom. The molecule has 1 aromatic rings. The molecule has 1 aromatic carbocycles. The van der Waals surface area contributed by atoms with Crippen molar-refractivity contribution in [3.05, 3.63) is 35.9 Å². The Hall–Kier alpha value is -1.51. The highest BCUT2D eigenvalue weighted by Crippen LogP contribution is 2.06. The monoisotopic (exact) mass is 207 g/mol. The minimum atomic E-state index is -0.942. The zero-order chi connectivity index (χ0) is 11.1. The molecule has 0 radical (unpaired) electrons. The van der Waals surface area contributed by atoms with E-state index in [-0.39, 0.29) is 6.04 Å². The summed E-state index contributed by atoms with van der Waals surface area (Å²) in [5.74, 6) is 0. The first-order valence-electron chi connectivity index (χ1n) is 5.22. The standard InChI is InChI=1S/C12H17NO2/c1-10(13-12(14)15)6-5-9-11-7-3-2-4-8-11/h2-4,7-8,10,13H,5-6,9H2,1H3,(H,14,15). The average Bonchev–Trinajstić information content (AvgIpc) is 2.18. The molecule has 0 aliphatic heterocycles. The van der Waals surface area contributed by atoms with E-state index >= 15 is 0 Å². The third-order valence-corrected chi connectivity index (χ3v) is 2.32. The van der Waals surface area contributed by atoms with Gasteiger partial charge < -0.3 is 10.4 Å². The second-order valence-corrected chi connectivity index (χ2v) is 3.73. The van der Waals surface area contributed by atoms with Gasteiger partial charge in [-0.25, -0.2) is 4.79 Å². The molecule has 0 aliphatic rings. The summed E-state index contributed by atoms with van der Waals surface area (Å²) < 4.78 is 0. The number of carboxylic acid groups (broad SMARTS) is 1.